The number of aryl methyl sites for hydroxylation is 1. The number of methoxy groups -OCH3 is 1. The molecule has 1 aromatic rings. The van der Waals surface area contributed by atoms with Crippen molar-refractivity contribution in [3.63, 3.8) is 0 Å². The fourth-order valence-electron chi connectivity index (χ4n) is 2.70. The van der Waals surface area contributed by atoms with E-state index in [0.717, 1.165) is 38.2 Å². The molecule has 0 radical (unpaired) electrons. The largest absolute Gasteiger partial charge is 0.383 e. The maximum Gasteiger partial charge on any atom is 0.113 e. The summed E-state index contributed by atoms with van der Waals surface area (Å²) in [5.74, 6) is 0. The van der Waals surface area contributed by atoms with Gasteiger partial charge in [-0.3, -0.25) is 0 Å². The molecule has 1 unspecified atom stereocenters. The van der Waals surface area contributed by atoms with E-state index in [-0.39, 0.29) is 5.54 Å². The minimum Gasteiger partial charge on any atom is -0.383 e. The van der Waals surface area contributed by atoms with Crippen molar-refractivity contribution in [1.29, 1.82) is 0 Å². The topological polar surface area (TPSA) is 37.4 Å². The van der Waals surface area contributed by atoms with Crippen LogP contribution in [0.1, 0.15) is 30.0 Å². The molecule has 0 amide bonds. The third kappa shape index (κ3) is 3.75. The Morgan fingerprint density at radius 1 is 1.47 bits per heavy atom. The molecule has 0 aliphatic carbocycles. The van der Waals surface area contributed by atoms with E-state index in [1.165, 1.54) is 18.0 Å². The number of hydrogen-bond donors (Lipinski definition) is 1. The van der Waals surface area contributed by atoms with Crippen LogP contribution in [0.3, 0.4) is 0 Å². The molecule has 1 saturated heterocycles. The second kappa shape index (κ2) is 6.79. The summed E-state index contributed by atoms with van der Waals surface area (Å²) in [7, 11) is 3.96. The Hall–Kier alpha value is -0.490. The van der Waals surface area contributed by atoms with Gasteiger partial charge in [-0.15, -0.1) is 11.3 Å². The zero-order valence-corrected chi connectivity index (χ0v) is 13.1. The molecule has 1 N–H and O–H groups in total. The minimum atomic E-state index is 0.0439. The number of aromatic nitrogens is 1. The second-order valence-electron chi connectivity index (χ2n) is 5.45. The van der Waals surface area contributed by atoms with Gasteiger partial charge in [0.15, 0.2) is 0 Å². The maximum absolute atomic E-state index is 5.18. The van der Waals surface area contributed by atoms with Crippen molar-refractivity contribution >= 4 is 11.3 Å². The first kappa shape index (κ1) is 14.9. The zero-order chi connectivity index (χ0) is 13.7. The Balaban J connectivity index is 2.16. The van der Waals surface area contributed by atoms with Crippen LogP contribution in [-0.2, 0) is 10.3 Å². The Kier molecular flexibility index (Phi) is 5.33. The number of ether oxygens (including phenoxy) is 1. The molecule has 1 fully saturated rings. The van der Waals surface area contributed by atoms with Crippen LogP contribution in [0.5, 0.6) is 0 Å². The predicted molar refractivity (Wildman–Crippen MR) is 79.8 cm³/mol. The van der Waals surface area contributed by atoms with Crippen LogP contribution in [0.2, 0.25) is 0 Å². The smallest absolute Gasteiger partial charge is 0.113 e. The number of rotatable bonds is 5. The third-order valence-corrected chi connectivity index (χ3v) is 5.03. The highest BCUT2D eigenvalue weighted by atomic mass is 32.1. The molecule has 0 spiro atoms. The Labute approximate surface area is 120 Å². The van der Waals surface area contributed by atoms with Crippen LogP contribution in [0.4, 0.5) is 0 Å². The Morgan fingerprint density at radius 2 is 2.32 bits per heavy atom. The first-order chi connectivity index (χ1) is 9.16. The summed E-state index contributed by atoms with van der Waals surface area (Å²) in [6, 6.07) is 0. The number of nitrogens with one attached hydrogen (secondary N) is 1. The monoisotopic (exact) mass is 283 g/mol. The average molecular weight is 283 g/mol. The molecule has 108 valence electrons. The normalized spacial score (nSPS) is 25.4. The lowest BCUT2D eigenvalue weighted by Gasteiger charge is -2.32. The van der Waals surface area contributed by atoms with E-state index in [0.29, 0.717) is 0 Å². The summed E-state index contributed by atoms with van der Waals surface area (Å²) in [5.41, 5.74) is 1.17. The van der Waals surface area contributed by atoms with E-state index in [1.807, 2.05) is 0 Å². The first-order valence-electron chi connectivity index (χ1n) is 7.01. The first-order valence-corrected chi connectivity index (χ1v) is 7.89. The van der Waals surface area contributed by atoms with Crippen molar-refractivity contribution in [1.82, 2.24) is 15.2 Å². The number of thiazole rings is 1. The molecule has 0 bridgehead atoms. The van der Waals surface area contributed by atoms with Gasteiger partial charge in [-0.1, -0.05) is 0 Å². The van der Waals surface area contributed by atoms with Gasteiger partial charge in [0.25, 0.3) is 0 Å². The van der Waals surface area contributed by atoms with E-state index in [1.54, 1.807) is 18.4 Å². The van der Waals surface area contributed by atoms with Gasteiger partial charge in [0.05, 0.1) is 12.1 Å². The third-order valence-electron chi connectivity index (χ3n) is 3.86. The van der Waals surface area contributed by atoms with Gasteiger partial charge in [-0.2, -0.15) is 0 Å². The average Bonchev–Trinajstić information content (AvgIpc) is 2.74. The van der Waals surface area contributed by atoms with Gasteiger partial charge in [0, 0.05) is 31.3 Å². The number of nitrogens with zero attached hydrogens (tertiary/aromatic N) is 2. The molecule has 1 atom stereocenters. The summed E-state index contributed by atoms with van der Waals surface area (Å²) in [6.07, 6.45) is 3.50. The lowest BCUT2D eigenvalue weighted by atomic mass is 9.91. The van der Waals surface area contributed by atoms with Crippen molar-refractivity contribution in [2.75, 3.05) is 40.4 Å². The Morgan fingerprint density at radius 3 is 3.00 bits per heavy atom. The molecule has 2 rings (SSSR count). The van der Waals surface area contributed by atoms with Gasteiger partial charge in [0.2, 0.25) is 0 Å². The van der Waals surface area contributed by atoms with Crippen LogP contribution in [0, 0.1) is 6.92 Å². The van der Waals surface area contributed by atoms with Crippen molar-refractivity contribution in [3.05, 3.63) is 16.1 Å². The van der Waals surface area contributed by atoms with E-state index >= 15 is 0 Å². The van der Waals surface area contributed by atoms with Gasteiger partial charge in [-0.05, 0) is 39.8 Å². The maximum atomic E-state index is 5.18. The molecule has 1 aliphatic rings. The van der Waals surface area contributed by atoms with E-state index in [2.05, 4.69) is 29.6 Å². The van der Waals surface area contributed by atoms with Gasteiger partial charge >= 0.3 is 0 Å². The van der Waals surface area contributed by atoms with Crippen LogP contribution >= 0.6 is 11.3 Å². The highest BCUT2D eigenvalue weighted by molar-refractivity contribution is 7.09. The van der Waals surface area contributed by atoms with Crippen molar-refractivity contribution in [2.45, 2.75) is 31.7 Å². The fourth-order valence-corrected chi connectivity index (χ4v) is 3.74. The molecule has 19 heavy (non-hydrogen) atoms. The fraction of sp³-hybridized carbons (Fsp3) is 0.786. The summed E-state index contributed by atoms with van der Waals surface area (Å²) in [5, 5.41) is 7.13. The Bertz CT molecular complexity index is 396. The van der Waals surface area contributed by atoms with Crippen LogP contribution < -0.4 is 5.32 Å². The molecule has 4 nitrogen and oxygen atoms in total. The molecular weight excluding hydrogens is 258 g/mol. The van der Waals surface area contributed by atoms with Crippen molar-refractivity contribution < 1.29 is 4.74 Å². The molecule has 0 saturated carbocycles. The zero-order valence-electron chi connectivity index (χ0n) is 12.2. The minimum absolute atomic E-state index is 0.0439. The molecule has 0 aromatic carbocycles. The second-order valence-corrected chi connectivity index (χ2v) is 6.31. The van der Waals surface area contributed by atoms with Crippen LogP contribution in [0.25, 0.3) is 0 Å². The van der Waals surface area contributed by atoms with Gasteiger partial charge < -0.3 is 15.0 Å². The van der Waals surface area contributed by atoms with Gasteiger partial charge in [-0.25, -0.2) is 4.98 Å². The molecule has 1 aliphatic heterocycles. The summed E-state index contributed by atoms with van der Waals surface area (Å²) in [4.78, 5) is 7.17. The predicted octanol–water partition coefficient (Wildman–Crippen LogP) is 2.00. The standard InChI is InChI=1S/C14H25N3OS/c1-12-11-19-13(16-12)14(15-7-10-18-3)5-4-8-17(2)9-6-14/h11,15H,4-10H2,1-3H3. The van der Waals surface area contributed by atoms with Crippen molar-refractivity contribution in [3.8, 4) is 0 Å². The van der Waals surface area contributed by atoms with Crippen LogP contribution in [-0.4, -0.2) is 50.3 Å². The lowest BCUT2D eigenvalue weighted by molar-refractivity contribution is 0.177. The van der Waals surface area contributed by atoms with E-state index in [9.17, 15) is 0 Å². The highest BCUT2D eigenvalue weighted by Gasteiger charge is 2.35. The number of hydrogen-bond acceptors (Lipinski definition) is 5. The van der Waals surface area contributed by atoms with Crippen molar-refractivity contribution in [2.24, 2.45) is 0 Å². The van der Waals surface area contributed by atoms with Gasteiger partial charge in [0.1, 0.15) is 5.01 Å². The molecule has 2 heterocycles. The van der Waals surface area contributed by atoms with E-state index < -0.39 is 0 Å². The summed E-state index contributed by atoms with van der Waals surface area (Å²) < 4.78 is 5.18. The molecule has 5 heteroatoms. The quantitative estimate of drug-likeness (QED) is 0.839. The number of likely N-dealkylation sites (tertiary alicyclic amines) is 1. The lowest BCUT2D eigenvalue weighted by Crippen LogP contribution is -2.44. The SMILES string of the molecule is COCCNC1(c2nc(C)cs2)CCCN(C)CC1. The van der Waals surface area contributed by atoms with E-state index in [4.69, 9.17) is 9.72 Å². The molecule has 1 aromatic heterocycles. The van der Waals surface area contributed by atoms with Crippen LogP contribution in [0.15, 0.2) is 5.38 Å². The summed E-state index contributed by atoms with van der Waals surface area (Å²) >= 11 is 1.79. The molecular formula is C14H25N3OS. The highest BCUT2D eigenvalue weighted by Crippen LogP contribution is 2.34. The summed E-state index contributed by atoms with van der Waals surface area (Å²) in [6.45, 7) is 6.02.